The number of aromatic nitrogens is 1. The lowest BCUT2D eigenvalue weighted by Crippen LogP contribution is -2.40. The van der Waals surface area contributed by atoms with Gasteiger partial charge in [-0.05, 0) is 68.5 Å². The Hall–Kier alpha value is -3.68. The fraction of sp³-hybridized carbons (Fsp3) is 0.233. The summed E-state index contributed by atoms with van der Waals surface area (Å²) in [4.78, 5) is 32.3. The monoisotopic (exact) mass is 546 g/mol. The maximum Gasteiger partial charge on any atom is 0.338 e. The molecule has 0 radical (unpaired) electrons. The van der Waals surface area contributed by atoms with E-state index in [0.29, 0.717) is 32.2 Å². The lowest BCUT2D eigenvalue weighted by atomic mass is 9.96. The van der Waals surface area contributed by atoms with Crippen LogP contribution in [0.3, 0.4) is 0 Å². The Kier molecular flexibility index (Phi) is 7.23. The quantitative estimate of drug-likeness (QED) is 0.304. The summed E-state index contributed by atoms with van der Waals surface area (Å²) >= 11 is 7.45. The third kappa shape index (κ3) is 4.79. The third-order valence-electron chi connectivity index (χ3n) is 6.27. The lowest BCUT2D eigenvalue weighted by Gasteiger charge is -2.25. The standard InChI is InChI=1S/C30H27ClN2O4S/c1-5-36-24-15-12-20(22-8-6-7-9-23(22)24)16-25-28(34)33-27(19-10-13-21(31)14-11-19)26(29(35)37-17(2)3)18(4)32-30(33)38-25/h6-17,27H,5H2,1-4H3. The number of allylic oxidation sites excluding steroid dienone is 1. The first-order valence-corrected chi connectivity index (χ1v) is 13.6. The molecule has 1 aliphatic heterocycles. The highest BCUT2D eigenvalue weighted by molar-refractivity contribution is 7.07. The minimum atomic E-state index is -0.686. The summed E-state index contributed by atoms with van der Waals surface area (Å²) in [7, 11) is 0. The molecule has 0 spiro atoms. The number of nitrogens with zero attached hydrogens (tertiary/aromatic N) is 2. The van der Waals surface area contributed by atoms with Crippen molar-refractivity contribution in [2.45, 2.75) is 39.8 Å². The number of fused-ring (bicyclic) bond motifs is 2. The Balaban J connectivity index is 1.72. The van der Waals surface area contributed by atoms with E-state index >= 15 is 0 Å². The van der Waals surface area contributed by atoms with Gasteiger partial charge in [-0.2, -0.15) is 0 Å². The second-order valence-electron chi connectivity index (χ2n) is 9.22. The van der Waals surface area contributed by atoms with E-state index in [1.54, 1.807) is 37.5 Å². The molecule has 1 atom stereocenters. The Bertz CT molecular complexity index is 1750. The molecular weight excluding hydrogens is 520 g/mol. The minimum Gasteiger partial charge on any atom is -0.493 e. The number of halogens is 1. The predicted octanol–water partition coefficient (Wildman–Crippen LogP) is 5.39. The van der Waals surface area contributed by atoms with Gasteiger partial charge in [-0.25, -0.2) is 9.79 Å². The van der Waals surface area contributed by atoms with Crippen molar-refractivity contribution < 1.29 is 14.3 Å². The van der Waals surface area contributed by atoms with Crippen molar-refractivity contribution in [2.75, 3.05) is 6.61 Å². The van der Waals surface area contributed by atoms with Gasteiger partial charge in [-0.1, -0.05) is 65.4 Å². The van der Waals surface area contributed by atoms with Gasteiger partial charge in [-0.3, -0.25) is 9.36 Å². The summed E-state index contributed by atoms with van der Waals surface area (Å²) in [6.45, 7) is 7.88. The van der Waals surface area contributed by atoms with Crippen LogP contribution in [0, 0.1) is 0 Å². The van der Waals surface area contributed by atoms with E-state index in [9.17, 15) is 9.59 Å². The maximum absolute atomic E-state index is 13.9. The number of thiazole rings is 1. The molecule has 4 aromatic rings. The van der Waals surface area contributed by atoms with Crippen molar-refractivity contribution in [3.05, 3.63) is 108 Å². The highest BCUT2D eigenvalue weighted by Crippen LogP contribution is 2.32. The first-order chi connectivity index (χ1) is 18.3. The summed E-state index contributed by atoms with van der Waals surface area (Å²) in [5.74, 6) is 0.307. The van der Waals surface area contributed by atoms with Gasteiger partial charge in [0.05, 0.1) is 34.6 Å². The number of benzene rings is 3. The molecule has 38 heavy (non-hydrogen) atoms. The highest BCUT2D eigenvalue weighted by Gasteiger charge is 2.33. The van der Waals surface area contributed by atoms with E-state index in [2.05, 4.69) is 4.99 Å². The zero-order chi connectivity index (χ0) is 27.0. The van der Waals surface area contributed by atoms with Gasteiger partial charge in [0.1, 0.15) is 5.75 Å². The molecule has 5 rings (SSSR count). The van der Waals surface area contributed by atoms with Gasteiger partial charge in [0.25, 0.3) is 5.56 Å². The number of esters is 1. The third-order valence-corrected chi connectivity index (χ3v) is 7.51. The van der Waals surface area contributed by atoms with E-state index in [0.717, 1.165) is 27.6 Å². The van der Waals surface area contributed by atoms with Crippen molar-refractivity contribution in [3.8, 4) is 5.75 Å². The van der Waals surface area contributed by atoms with Gasteiger partial charge >= 0.3 is 5.97 Å². The smallest absolute Gasteiger partial charge is 0.338 e. The summed E-state index contributed by atoms with van der Waals surface area (Å²) in [5.41, 5.74) is 2.28. The summed E-state index contributed by atoms with van der Waals surface area (Å²) in [6.07, 6.45) is 1.57. The van der Waals surface area contributed by atoms with Crippen LogP contribution >= 0.6 is 22.9 Å². The topological polar surface area (TPSA) is 69.9 Å². The lowest BCUT2D eigenvalue weighted by molar-refractivity contribution is -0.143. The SMILES string of the molecule is CCOc1ccc(C=c2sc3n(c2=O)C(c2ccc(Cl)cc2)C(C(=O)OC(C)C)=C(C)N=3)c2ccccc12. The summed E-state index contributed by atoms with van der Waals surface area (Å²) in [5, 5.41) is 2.52. The number of rotatable bonds is 6. The van der Waals surface area contributed by atoms with Crippen LogP contribution in [-0.2, 0) is 9.53 Å². The van der Waals surface area contributed by atoms with Crippen LogP contribution in [0.4, 0.5) is 0 Å². The van der Waals surface area contributed by atoms with Crippen LogP contribution in [0.5, 0.6) is 5.75 Å². The van der Waals surface area contributed by atoms with Gasteiger partial charge in [0.2, 0.25) is 0 Å². The predicted molar refractivity (Wildman–Crippen MR) is 152 cm³/mol. The van der Waals surface area contributed by atoms with Crippen LogP contribution in [0.2, 0.25) is 5.02 Å². The molecule has 0 fully saturated rings. The van der Waals surface area contributed by atoms with Crippen LogP contribution < -0.4 is 19.6 Å². The van der Waals surface area contributed by atoms with E-state index in [-0.39, 0.29) is 11.7 Å². The molecule has 194 valence electrons. The molecule has 0 aliphatic carbocycles. The molecule has 1 aliphatic rings. The molecule has 0 bridgehead atoms. The summed E-state index contributed by atoms with van der Waals surface area (Å²) in [6, 6.07) is 18.3. The van der Waals surface area contributed by atoms with E-state index < -0.39 is 12.0 Å². The molecule has 1 aromatic heterocycles. The normalized spacial score (nSPS) is 15.5. The molecule has 2 heterocycles. The molecule has 0 N–H and O–H groups in total. The Labute approximate surface area is 229 Å². The van der Waals surface area contributed by atoms with Crippen molar-refractivity contribution in [2.24, 2.45) is 4.99 Å². The Morgan fingerprint density at radius 3 is 2.50 bits per heavy atom. The molecule has 0 saturated carbocycles. The second-order valence-corrected chi connectivity index (χ2v) is 10.7. The molecule has 8 heteroatoms. The average molecular weight is 547 g/mol. The average Bonchev–Trinajstić information content (AvgIpc) is 3.19. The number of hydrogen-bond donors (Lipinski definition) is 0. The van der Waals surface area contributed by atoms with Gasteiger partial charge in [0.15, 0.2) is 4.80 Å². The maximum atomic E-state index is 13.9. The number of ether oxygens (including phenoxy) is 2. The molecule has 3 aromatic carbocycles. The second kappa shape index (κ2) is 10.6. The zero-order valence-electron chi connectivity index (χ0n) is 21.5. The van der Waals surface area contributed by atoms with Crippen LogP contribution in [-0.4, -0.2) is 23.2 Å². The molecule has 0 saturated heterocycles. The molecule has 1 unspecified atom stereocenters. The largest absolute Gasteiger partial charge is 0.493 e. The Morgan fingerprint density at radius 2 is 1.82 bits per heavy atom. The fourth-order valence-electron chi connectivity index (χ4n) is 4.66. The molecular formula is C30H27ClN2O4S. The van der Waals surface area contributed by atoms with Gasteiger partial charge < -0.3 is 9.47 Å². The van der Waals surface area contributed by atoms with Gasteiger partial charge in [0, 0.05) is 10.4 Å². The van der Waals surface area contributed by atoms with E-state index in [1.807, 2.05) is 61.5 Å². The van der Waals surface area contributed by atoms with E-state index in [4.69, 9.17) is 21.1 Å². The van der Waals surface area contributed by atoms with Crippen molar-refractivity contribution in [1.82, 2.24) is 4.57 Å². The molecule has 6 nitrogen and oxygen atoms in total. The fourth-order valence-corrected chi connectivity index (χ4v) is 5.83. The van der Waals surface area contributed by atoms with E-state index in [1.165, 1.54) is 11.3 Å². The first kappa shape index (κ1) is 25.9. The molecule has 0 amide bonds. The van der Waals surface area contributed by atoms with Crippen LogP contribution in [0.25, 0.3) is 16.8 Å². The first-order valence-electron chi connectivity index (χ1n) is 12.4. The van der Waals surface area contributed by atoms with Crippen molar-refractivity contribution >= 4 is 45.8 Å². The van der Waals surface area contributed by atoms with Crippen molar-refractivity contribution in [3.63, 3.8) is 0 Å². The van der Waals surface area contributed by atoms with Crippen LogP contribution in [0.15, 0.2) is 81.7 Å². The van der Waals surface area contributed by atoms with Gasteiger partial charge in [-0.15, -0.1) is 0 Å². The number of carbonyl (C=O) groups excluding carboxylic acids is 1. The highest BCUT2D eigenvalue weighted by atomic mass is 35.5. The zero-order valence-corrected chi connectivity index (χ0v) is 23.1. The van der Waals surface area contributed by atoms with Crippen molar-refractivity contribution in [1.29, 1.82) is 0 Å². The number of hydrogen-bond acceptors (Lipinski definition) is 6. The Morgan fingerprint density at radius 1 is 1.11 bits per heavy atom. The minimum absolute atomic E-state index is 0.228. The van der Waals surface area contributed by atoms with Crippen LogP contribution in [0.1, 0.15) is 44.9 Å². The number of carbonyl (C=O) groups is 1. The summed E-state index contributed by atoms with van der Waals surface area (Å²) < 4.78 is 13.5.